The summed E-state index contributed by atoms with van der Waals surface area (Å²) < 4.78 is 9.68. The second-order valence-electron chi connectivity index (χ2n) is 24.4. The van der Waals surface area contributed by atoms with Crippen LogP contribution in [0.25, 0.3) is 38.8 Å². The molecule has 73 heavy (non-hydrogen) atoms. The first-order valence-electron chi connectivity index (χ1n) is 26.0. The number of rotatable bonds is 10. The standard InChI is InChI=1S/C68H72N4O/c1-64(2,3)50-33-34-69-62(40-50)72-59-32-24-23-31-57(59)63-58(68(12,13)49-29-21-16-22-30-49)42-56(43-60(63)72)73-55-36-47(46-25-17-14-18-26-46)35-53(41-55)70-44-61(66(7,8)9)71(45-70)54-38-51(65(4,5)6)37-52(39-54)67(10,11)48-27-19-15-20-28-48/h14-44H,45H2,1-13H3. The third kappa shape index (κ3) is 9.47. The second kappa shape index (κ2) is 18.3. The van der Waals surface area contributed by atoms with Crippen molar-refractivity contribution in [2.24, 2.45) is 5.41 Å². The van der Waals surface area contributed by atoms with Crippen molar-refractivity contribution in [2.75, 3.05) is 16.5 Å². The summed E-state index contributed by atoms with van der Waals surface area (Å²) in [6.07, 6.45) is 4.32. The van der Waals surface area contributed by atoms with Crippen molar-refractivity contribution in [3.63, 3.8) is 0 Å². The van der Waals surface area contributed by atoms with Gasteiger partial charge in [-0.15, -0.1) is 0 Å². The highest BCUT2D eigenvalue weighted by atomic mass is 16.5. The Morgan fingerprint density at radius 3 is 1.67 bits per heavy atom. The van der Waals surface area contributed by atoms with E-state index < -0.39 is 0 Å². The van der Waals surface area contributed by atoms with Gasteiger partial charge in [0.2, 0.25) is 0 Å². The Balaban J connectivity index is 1.14. The molecular formula is C68H72N4O. The van der Waals surface area contributed by atoms with Crippen LogP contribution in [0.15, 0.2) is 194 Å². The van der Waals surface area contributed by atoms with Crippen molar-refractivity contribution in [1.82, 2.24) is 9.55 Å². The minimum absolute atomic E-state index is 0.0550. The molecule has 0 amide bonds. The minimum Gasteiger partial charge on any atom is -0.457 e. The summed E-state index contributed by atoms with van der Waals surface area (Å²) in [6.45, 7) is 30.7. The number of aromatic nitrogens is 2. The van der Waals surface area contributed by atoms with Crippen molar-refractivity contribution in [2.45, 2.75) is 112 Å². The Morgan fingerprint density at radius 1 is 0.438 bits per heavy atom. The molecule has 0 saturated carbocycles. The molecule has 5 heteroatoms. The summed E-state index contributed by atoms with van der Waals surface area (Å²) in [6, 6.07) is 64.1. The van der Waals surface area contributed by atoms with Gasteiger partial charge in [0.15, 0.2) is 0 Å². The van der Waals surface area contributed by atoms with E-state index in [1.165, 1.54) is 55.5 Å². The molecule has 0 atom stereocenters. The highest BCUT2D eigenvalue weighted by molar-refractivity contribution is 6.12. The van der Waals surface area contributed by atoms with Gasteiger partial charge < -0.3 is 14.5 Å². The predicted molar refractivity (Wildman–Crippen MR) is 309 cm³/mol. The molecule has 5 nitrogen and oxygen atoms in total. The van der Waals surface area contributed by atoms with Gasteiger partial charge in [-0.1, -0.05) is 205 Å². The van der Waals surface area contributed by atoms with Crippen LogP contribution >= 0.6 is 0 Å². The zero-order valence-corrected chi connectivity index (χ0v) is 45.3. The third-order valence-electron chi connectivity index (χ3n) is 15.3. The molecule has 1 aliphatic rings. The largest absolute Gasteiger partial charge is 0.457 e. The molecule has 0 spiro atoms. The third-order valence-corrected chi connectivity index (χ3v) is 15.3. The van der Waals surface area contributed by atoms with Crippen LogP contribution in [-0.4, -0.2) is 16.2 Å². The SMILES string of the molecule is CC(C)(C)C1=CN(c2cc(Oc3cc(C(C)(C)c4ccccc4)c4c5ccccc5n(-c5cc(C(C)(C)C)ccn5)c4c3)cc(-c3ccccc3)c2)CN1c1cc(C(C)(C)C)cc(C(C)(C)c2ccccc2)c1. The Kier molecular flexibility index (Phi) is 12.3. The Morgan fingerprint density at radius 2 is 1.03 bits per heavy atom. The van der Waals surface area contributed by atoms with Gasteiger partial charge in [-0.3, -0.25) is 4.57 Å². The highest BCUT2D eigenvalue weighted by Gasteiger charge is 2.35. The molecule has 370 valence electrons. The fourth-order valence-corrected chi connectivity index (χ4v) is 10.7. The molecule has 3 heterocycles. The first-order valence-corrected chi connectivity index (χ1v) is 26.0. The molecule has 10 rings (SSSR count). The summed E-state index contributed by atoms with van der Waals surface area (Å²) in [5.74, 6) is 2.41. The Hall–Kier alpha value is -7.37. The number of fused-ring (bicyclic) bond motifs is 3. The summed E-state index contributed by atoms with van der Waals surface area (Å²) >= 11 is 0. The van der Waals surface area contributed by atoms with E-state index in [0.29, 0.717) is 6.67 Å². The van der Waals surface area contributed by atoms with Crippen LogP contribution in [0.5, 0.6) is 11.5 Å². The lowest BCUT2D eigenvalue weighted by Gasteiger charge is -2.34. The van der Waals surface area contributed by atoms with Gasteiger partial charge in [-0.05, 0) is 104 Å². The molecule has 0 N–H and O–H groups in total. The average molecular weight is 961 g/mol. The number of allylic oxidation sites excluding steroid dienone is 1. The van der Waals surface area contributed by atoms with Crippen molar-refractivity contribution in [1.29, 1.82) is 0 Å². The van der Waals surface area contributed by atoms with Crippen LogP contribution in [0.4, 0.5) is 11.4 Å². The summed E-state index contributed by atoms with van der Waals surface area (Å²) in [4.78, 5) is 10.0. The van der Waals surface area contributed by atoms with Crippen LogP contribution in [0, 0.1) is 5.41 Å². The number of ether oxygens (including phenoxy) is 1. The molecule has 0 radical (unpaired) electrons. The number of nitrogens with zero attached hydrogens (tertiary/aromatic N) is 4. The van der Waals surface area contributed by atoms with Crippen LogP contribution in [-0.2, 0) is 21.7 Å². The number of pyridine rings is 1. The van der Waals surface area contributed by atoms with Gasteiger partial charge in [0.25, 0.3) is 0 Å². The van der Waals surface area contributed by atoms with E-state index in [1.54, 1.807) is 0 Å². The first-order chi connectivity index (χ1) is 34.6. The van der Waals surface area contributed by atoms with Crippen LogP contribution in [0.2, 0.25) is 0 Å². The zero-order chi connectivity index (χ0) is 51.7. The van der Waals surface area contributed by atoms with E-state index >= 15 is 0 Å². The lowest BCUT2D eigenvalue weighted by Crippen LogP contribution is -2.31. The van der Waals surface area contributed by atoms with Crippen LogP contribution in [0.1, 0.15) is 123 Å². The van der Waals surface area contributed by atoms with Gasteiger partial charge in [-0.2, -0.15) is 0 Å². The summed E-state index contributed by atoms with van der Waals surface area (Å²) in [5, 5.41) is 2.38. The fraction of sp³-hybridized carbons (Fsp3) is 0.279. The van der Waals surface area contributed by atoms with E-state index in [1.807, 2.05) is 6.20 Å². The van der Waals surface area contributed by atoms with Gasteiger partial charge >= 0.3 is 0 Å². The van der Waals surface area contributed by atoms with E-state index in [9.17, 15) is 0 Å². The minimum atomic E-state index is -0.390. The van der Waals surface area contributed by atoms with Crippen molar-refractivity contribution >= 4 is 33.2 Å². The second-order valence-corrected chi connectivity index (χ2v) is 24.4. The van der Waals surface area contributed by atoms with Crippen molar-refractivity contribution in [3.05, 3.63) is 227 Å². The smallest absolute Gasteiger partial charge is 0.137 e. The average Bonchev–Trinajstić information content (AvgIpc) is 3.98. The Labute approximate surface area is 434 Å². The predicted octanol–water partition coefficient (Wildman–Crippen LogP) is 18.1. The molecule has 0 aliphatic carbocycles. The summed E-state index contributed by atoms with van der Waals surface area (Å²) in [5.41, 5.74) is 14.6. The molecule has 1 aliphatic heterocycles. The molecule has 7 aromatic carbocycles. The van der Waals surface area contributed by atoms with Gasteiger partial charge in [0.05, 0.1) is 17.7 Å². The maximum absolute atomic E-state index is 7.34. The fourth-order valence-electron chi connectivity index (χ4n) is 10.7. The normalized spacial score (nSPS) is 13.8. The maximum Gasteiger partial charge on any atom is 0.137 e. The van der Waals surface area contributed by atoms with E-state index in [2.05, 4.69) is 287 Å². The van der Waals surface area contributed by atoms with Gasteiger partial charge in [0, 0.05) is 68.6 Å². The number of anilines is 2. The molecule has 2 aromatic heterocycles. The molecule has 0 unspecified atom stereocenters. The van der Waals surface area contributed by atoms with Gasteiger partial charge in [-0.25, -0.2) is 4.98 Å². The van der Waals surface area contributed by atoms with Crippen LogP contribution in [0.3, 0.4) is 0 Å². The highest BCUT2D eigenvalue weighted by Crippen LogP contribution is 2.47. The quantitative estimate of drug-likeness (QED) is 0.137. The van der Waals surface area contributed by atoms with E-state index in [-0.39, 0.29) is 27.1 Å². The topological polar surface area (TPSA) is 33.5 Å². The monoisotopic (exact) mass is 961 g/mol. The van der Waals surface area contributed by atoms with Crippen molar-refractivity contribution in [3.8, 4) is 28.4 Å². The molecule has 0 saturated heterocycles. The van der Waals surface area contributed by atoms with E-state index in [0.717, 1.165) is 45.2 Å². The molecule has 9 aromatic rings. The summed E-state index contributed by atoms with van der Waals surface area (Å²) in [7, 11) is 0. The van der Waals surface area contributed by atoms with Crippen LogP contribution < -0.4 is 14.5 Å². The molecular weight excluding hydrogens is 889 g/mol. The molecule has 0 fully saturated rings. The number of hydrogen-bond donors (Lipinski definition) is 0. The lowest BCUT2D eigenvalue weighted by atomic mass is 9.75. The zero-order valence-electron chi connectivity index (χ0n) is 45.3. The van der Waals surface area contributed by atoms with Gasteiger partial charge in [0.1, 0.15) is 17.3 Å². The maximum atomic E-state index is 7.34. The molecule has 0 bridgehead atoms. The van der Waals surface area contributed by atoms with Crippen molar-refractivity contribution < 1.29 is 4.74 Å². The Bertz CT molecular complexity index is 3510. The number of para-hydroxylation sites is 1. The first kappa shape index (κ1) is 49.2. The number of hydrogen-bond acceptors (Lipinski definition) is 4. The number of benzene rings is 7. The lowest BCUT2D eigenvalue weighted by molar-refractivity contribution is 0.481. The van der Waals surface area contributed by atoms with E-state index in [4.69, 9.17) is 9.72 Å².